The van der Waals surface area contributed by atoms with Crippen LogP contribution in [0, 0.1) is 5.92 Å². The van der Waals surface area contributed by atoms with Gasteiger partial charge in [-0.2, -0.15) is 0 Å². The van der Waals surface area contributed by atoms with Gasteiger partial charge in [0, 0.05) is 50.0 Å². The lowest BCUT2D eigenvalue weighted by molar-refractivity contribution is 0.0914. The molecule has 3 rings (SSSR count). The summed E-state index contributed by atoms with van der Waals surface area (Å²) in [7, 11) is 5.52. The standard InChI is InChI=1S/C27H43ClN4O3/c1-19(24(29-2)20-10-6-5-7-11-20)30-26(34)32(3)16-15-27(14-8-9-17-35-4)23-13-12-21(28)18-22(23)25(33)31-27/h12-13,18-20,24,29H,5-11,14-17H2,1-4H3,(H,30,34)(H,31,33). The van der Waals surface area contributed by atoms with Crippen molar-refractivity contribution >= 4 is 23.5 Å². The van der Waals surface area contributed by atoms with E-state index in [1.165, 1.54) is 32.1 Å². The van der Waals surface area contributed by atoms with Crippen LogP contribution in [-0.2, 0) is 10.3 Å². The monoisotopic (exact) mass is 506 g/mol. The SMILES string of the molecule is CNC(C1CCCCC1)C(C)NC(=O)N(C)CCC1(CCCCOC)NC(=O)c2cc(Cl)ccc21. The lowest BCUT2D eigenvalue weighted by Gasteiger charge is -2.36. The number of ether oxygens (including phenoxy) is 1. The van der Waals surface area contributed by atoms with Crippen molar-refractivity contribution in [3.05, 3.63) is 34.3 Å². The quantitative estimate of drug-likeness (QED) is 0.359. The Morgan fingerprint density at radius 3 is 2.69 bits per heavy atom. The largest absolute Gasteiger partial charge is 0.385 e. The molecule has 1 saturated carbocycles. The molecule has 8 heteroatoms. The van der Waals surface area contributed by atoms with Crippen molar-refractivity contribution < 1.29 is 14.3 Å². The minimum absolute atomic E-state index is 0.0371. The molecular formula is C27H43ClN4O3. The first-order chi connectivity index (χ1) is 16.8. The van der Waals surface area contributed by atoms with Crippen molar-refractivity contribution in [2.75, 3.05) is 34.4 Å². The summed E-state index contributed by atoms with van der Waals surface area (Å²) in [5.41, 5.74) is 1.09. The maximum Gasteiger partial charge on any atom is 0.317 e. The van der Waals surface area contributed by atoms with Crippen LogP contribution in [0.3, 0.4) is 0 Å². The zero-order valence-corrected chi connectivity index (χ0v) is 22.5. The smallest absolute Gasteiger partial charge is 0.317 e. The van der Waals surface area contributed by atoms with E-state index in [9.17, 15) is 9.59 Å². The molecule has 3 atom stereocenters. The van der Waals surface area contributed by atoms with Gasteiger partial charge in [0.05, 0.1) is 5.54 Å². The fraction of sp³-hybridized carbons (Fsp3) is 0.704. The number of urea groups is 1. The molecule has 3 N–H and O–H groups in total. The summed E-state index contributed by atoms with van der Waals surface area (Å²) >= 11 is 6.18. The van der Waals surface area contributed by atoms with Crippen molar-refractivity contribution in [1.82, 2.24) is 20.9 Å². The number of fused-ring (bicyclic) bond motifs is 1. The number of unbranched alkanes of at least 4 members (excludes halogenated alkanes) is 1. The summed E-state index contributed by atoms with van der Waals surface area (Å²) < 4.78 is 5.21. The first-order valence-electron chi connectivity index (χ1n) is 13.1. The number of carbonyl (C=O) groups excluding carboxylic acids is 2. The van der Waals surface area contributed by atoms with Gasteiger partial charge in [-0.25, -0.2) is 4.79 Å². The Balaban J connectivity index is 1.65. The number of rotatable bonds is 12. The van der Waals surface area contributed by atoms with Gasteiger partial charge < -0.3 is 25.6 Å². The van der Waals surface area contributed by atoms with E-state index in [1.807, 2.05) is 26.2 Å². The maximum absolute atomic E-state index is 13.1. The topological polar surface area (TPSA) is 82.7 Å². The highest BCUT2D eigenvalue weighted by atomic mass is 35.5. The highest BCUT2D eigenvalue weighted by Crippen LogP contribution is 2.39. The van der Waals surface area contributed by atoms with E-state index < -0.39 is 5.54 Å². The lowest BCUT2D eigenvalue weighted by Crippen LogP contribution is -2.54. The number of methoxy groups -OCH3 is 1. The predicted octanol–water partition coefficient (Wildman–Crippen LogP) is 4.68. The summed E-state index contributed by atoms with van der Waals surface area (Å²) in [6.07, 6.45) is 9.54. The van der Waals surface area contributed by atoms with E-state index in [2.05, 4.69) is 22.9 Å². The molecule has 0 bridgehead atoms. The average molecular weight is 507 g/mol. The normalized spacial score (nSPS) is 21.8. The van der Waals surface area contributed by atoms with E-state index in [4.69, 9.17) is 16.3 Å². The number of carbonyl (C=O) groups is 2. The highest BCUT2D eigenvalue weighted by molar-refractivity contribution is 6.31. The van der Waals surface area contributed by atoms with Crippen LogP contribution in [0.25, 0.3) is 0 Å². The molecular weight excluding hydrogens is 464 g/mol. The number of halogens is 1. The van der Waals surface area contributed by atoms with Crippen molar-refractivity contribution in [3.8, 4) is 0 Å². The number of likely N-dealkylation sites (N-methyl/N-ethyl adjacent to an activating group) is 1. The predicted molar refractivity (Wildman–Crippen MR) is 141 cm³/mol. The van der Waals surface area contributed by atoms with E-state index in [1.54, 1.807) is 18.1 Å². The molecule has 196 valence electrons. The molecule has 1 aliphatic carbocycles. The maximum atomic E-state index is 13.1. The molecule has 2 aliphatic rings. The molecule has 0 radical (unpaired) electrons. The van der Waals surface area contributed by atoms with Gasteiger partial charge >= 0.3 is 6.03 Å². The fourth-order valence-corrected chi connectivity index (χ4v) is 6.08. The summed E-state index contributed by atoms with van der Waals surface area (Å²) in [5.74, 6) is 0.501. The number of hydrogen-bond donors (Lipinski definition) is 3. The van der Waals surface area contributed by atoms with Gasteiger partial charge in [-0.05, 0) is 76.1 Å². The van der Waals surface area contributed by atoms with Gasteiger partial charge in [0.1, 0.15) is 0 Å². The summed E-state index contributed by atoms with van der Waals surface area (Å²) in [4.78, 5) is 27.6. The van der Waals surface area contributed by atoms with Crippen LogP contribution < -0.4 is 16.0 Å². The Morgan fingerprint density at radius 1 is 1.26 bits per heavy atom. The van der Waals surface area contributed by atoms with Crippen molar-refractivity contribution in [2.24, 2.45) is 5.92 Å². The van der Waals surface area contributed by atoms with Gasteiger partial charge in [0.2, 0.25) is 0 Å². The molecule has 35 heavy (non-hydrogen) atoms. The van der Waals surface area contributed by atoms with Crippen LogP contribution in [-0.4, -0.2) is 63.3 Å². The first kappa shape index (κ1) is 27.8. The number of hydrogen-bond acceptors (Lipinski definition) is 4. The third kappa shape index (κ3) is 6.89. The molecule has 0 saturated heterocycles. The first-order valence-corrected chi connectivity index (χ1v) is 13.5. The second-order valence-electron chi connectivity index (χ2n) is 10.3. The van der Waals surface area contributed by atoms with E-state index in [0.717, 1.165) is 24.8 Å². The minimum atomic E-state index is -0.513. The Bertz CT molecular complexity index is 861. The molecule has 3 unspecified atom stereocenters. The van der Waals surface area contributed by atoms with E-state index >= 15 is 0 Å². The summed E-state index contributed by atoms with van der Waals surface area (Å²) in [5, 5.41) is 10.5. The highest BCUT2D eigenvalue weighted by Gasteiger charge is 2.42. The molecule has 1 fully saturated rings. The van der Waals surface area contributed by atoms with Crippen LogP contribution >= 0.6 is 11.6 Å². The molecule has 1 aromatic rings. The van der Waals surface area contributed by atoms with Gasteiger partial charge in [-0.15, -0.1) is 0 Å². The molecule has 1 aliphatic heterocycles. The van der Waals surface area contributed by atoms with E-state index in [-0.39, 0.29) is 24.0 Å². The number of benzene rings is 1. The van der Waals surface area contributed by atoms with Crippen LogP contribution in [0.2, 0.25) is 5.02 Å². The van der Waals surface area contributed by atoms with Crippen LogP contribution in [0.1, 0.15) is 80.6 Å². The van der Waals surface area contributed by atoms with Gasteiger partial charge in [0.25, 0.3) is 5.91 Å². The molecule has 3 amide bonds. The van der Waals surface area contributed by atoms with Crippen LogP contribution in [0.5, 0.6) is 0 Å². The third-order valence-corrected chi connectivity index (χ3v) is 8.13. The lowest BCUT2D eigenvalue weighted by atomic mass is 9.81. The molecule has 1 aromatic carbocycles. The second kappa shape index (κ2) is 12.9. The number of nitrogens with one attached hydrogen (secondary N) is 3. The van der Waals surface area contributed by atoms with E-state index in [0.29, 0.717) is 36.1 Å². The average Bonchev–Trinajstić information content (AvgIpc) is 3.12. The summed E-state index contributed by atoms with van der Waals surface area (Å²) in [6, 6.07) is 5.76. The summed E-state index contributed by atoms with van der Waals surface area (Å²) in [6.45, 7) is 3.31. The molecule has 7 nitrogen and oxygen atoms in total. The number of nitrogens with zero attached hydrogens (tertiary/aromatic N) is 1. The van der Waals surface area contributed by atoms with Crippen LogP contribution in [0.15, 0.2) is 18.2 Å². The minimum Gasteiger partial charge on any atom is -0.385 e. The Kier molecular flexibility index (Phi) is 10.3. The molecule has 0 spiro atoms. The van der Waals surface area contributed by atoms with Gasteiger partial charge in [-0.3, -0.25) is 4.79 Å². The third-order valence-electron chi connectivity index (χ3n) is 7.90. The second-order valence-corrected chi connectivity index (χ2v) is 10.7. The van der Waals surface area contributed by atoms with Crippen molar-refractivity contribution in [1.29, 1.82) is 0 Å². The Morgan fingerprint density at radius 2 is 2.00 bits per heavy atom. The van der Waals surface area contributed by atoms with Crippen LogP contribution in [0.4, 0.5) is 4.79 Å². The Labute approximate surface area is 215 Å². The van der Waals surface area contributed by atoms with Crippen molar-refractivity contribution in [3.63, 3.8) is 0 Å². The number of amides is 3. The van der Waals surface area contributed by atoms with Gasteiger partial charge in [-0.1, -0.05) is 36.9 Å². The molecule has 0 aromatic heterocycles. The Hall–Kier alpha value is -1.83. The zero-order chi connectivity index (χ0) is 25.4. The fourth-order valence-electron chi connectivity index (χ4n) is 5.91. The van der Waals surface area contributed by atoms with Gasteiger partial charge in [0.15, 0.2) is 0 Å². The zero-order valence-electron chi connectivity index (χ0n) is 21.8. The molecule has 1 heterocycles. The van der Waals surface area contributed by atoms with Crippen molar-refractivity contribution in [2.45, 2.75) is 82.3 Å².